The molecule has 2 N–H and O–H groups in total. The number of nitrogens with one attached hydrogen (secondary N) is 2. The van der Waals surface area contributed by atoms with E-state index in [1.807, 2.05) is 0 Å². The number of amides is 2. The molecule has 11 heteroatoms. The van der Waals surface area contributed by atoms with Gasteiger partial charge in [0.1, 0.15) is 21.9 Å². The summed E-state index contributed by atoms with van der Waals surface area (Å²) in [6.07, 6.45) is 0. The van der Waals surface area contributed by atoms with Gasteiger partial charge in [0.05, 0.1) is 12.0 Å². The molecule has 1 aromatic heterocycles. The Morgan fingerprint density at radius 2 is 1.83 bits per heavy atom. The molecular formula is C18H12ClN3O7. The number of hydrogen-bond acceptors (Lipinski definition) is 7. The van der Waals surface area contributed by atoms with E-state index in [4.69, 9.17) is 20.8 Å². The molecule has 0 radical (unpaired) electrons. The number of methoxy groups -OCH3 is 1. The Bertz CT molecular complexity index is 1210. The van der Waals surface area contributed by atoms with Crippen molar-refractivity contribution < 1.29 is 23.7 Å². The molecule has 0 saturated heterocycles. The molecule has 3 rings (SSSR count). The molecule has 0 saturated carbocycles. The summed E-state index contributed by atoms with van der Waals surface area (Å²) in [6, 6.07) is 9.40. The second kappa shape index (κ2) is 7.98. The van der Waals surface area contributed by atoms with Crippen LogP contribution in [0.5, 0.6) is 5.75 Å². The Balaban J connectivity index is 1.78. The highest BCUT2D eigenvalue weighted by Gasteiger charge is 2.18. The fourth-order valence-corrected chi connectivity index (χ4v) is 2.61. The number of nitro groups is 1. The zero-order valence-corrected chi connectivity index (χ0v) is 15.5. The van der Waals surface area contributed by atoms with E-state index >= 15 is 0 Å². The molecule has 148 valence electrons. The standard InChI is InChI=1S/C18H12ClN3O7/c1-28-11-4-2-9-6-12(18(25)29-15(9)8-11)17(24)21-20-16(23)10-3-5-13(19)14(7-10)22(26)27/h2-8H,1H3,(H,20,23)(H,21,24). The van der Waals surface area contributed by atoms with Crippen molar-refractivity contribution in [1.29, 1.82) is 0 Å². The molecule has 3 aromatic rings. The number of hydrogen-bond donors (Lipinski definition) is 2. The molecule has 0 aliphatic carbocycles. The van der Waals surface area contributed by atoms with Crippen LogP contribution in [0.4, 0.5) is 5.69 Å². The van der Waals surface area contributed by atoms with Crippen LogP contribution < -0.4 is 21.2 Å². The van der Waals surface area contributed by atoms with Crippen molar-refractivity contribution in [2.45, 2.75) is 0 Å². The monoisotopic (exact) mass is 417 g/mol. The van der Waals surface area contributed by atoms with Crippen LogP contribution in [-0.2, 0) is 0 Å². The lowest BCUT2D eigenvalue weighted by Crippen LogP contribution is -2.43. The number of nitro benzene ring substituents is 1. The van der Waals surface area contributed by atoms with Crippen LogP contribution in [0, 0.1) is 10.1 Å². The van der Waals surface area contributed by atoms with Gasteiger partial charge in [0.15, 0.2) is 0 Å². The Hall–Kier alpha value is -3.92. The molecule has 0 spiro atoms. The summed E-state index contributed by atoms with van der Waals surface area (Å²) in [5.41, 5.74) is 2.53. The van der Waals surface area contributed by atoms with E-state index < -0.39 is 28.1 Å². The number of benzene rings is 2. The number of carbonyl (C=O) groups excluding carboxylic acids is 2. The lowest BCUT2D eigenvalue weighted by atomic mass is 10.1. The van der Waals surface area contributed by atoms with E-state index in [1.165, 1.54) is 31.4 Å². The molecular weight excluding hydrogens is 406 g/mol. The fraction of sp³-hybridized carbons (Fsp3) is 0.0556. The molecule has 29 heavy (non-hydrogen) atoms. The second-order valence-corrected chi connectivity index (χ2v) is 6.09. The summed E-state index contributed by atoms with van der Waals surface area (Å²) in [5, 5.41) is 11.2. The summed E-state index contributed by atoms with van der Waals surface area (Å²) in [5.74, 6) is -1.29. The molecule has 2 aromatic carbocycles. The zero-order chi connectivity index (χ0) is 21.1. The van der Waals surface area contributed by atoms with E-state index in [-0.39, 0.29) is 21.7 Å². The van der Waals surface area contributed by atoms with Gasteiger partial charge in [-0.15, -0.1) is 0 Å². The SMILES string of the molecule is COc1ccc2cc(C(=O)NNC(=O)c3ccc(Cl)c([N+](=O)[O-])c3)c(=O)oc2c1. The lowest BCUT2D eigenvalue weighted by molar-refractivity contribution is -0.384. The summed E-state index contributed by atoms with van der Waals surface area (Å²) in [7, 11) is 1.46. The average molecular weight is 418 g/mol. The van der Waals surface area contributed by atoms with Crippen molar-refractivity contribution in [1.82, 2.24) is 10.9 Å². The van der Waals surface area contributed by atoms with Gasteiger partial charge >= 0.3 is 5.63 Å². The second-order valence-electron chi connectivity index (χ2n) is 5.68. The maximum absolute atomic E-state index is 12.3. The molecule has 0 fully saturated rings. The van der Waals surface area contributed by atoms with Gasteiger partial charge < -0.3 is 9.15 Å². The first kappa shape index (κ1) is 19.8. The van der Waals surface area contributed by atoms with Crippen molar-refractivity contribution in [2.24, 2.45) is 0 Å². The molecule has 0 atom stereocenters. The van der Waals surface area contributed by atoms with Crippen LogP contribution in [0.1, 0.15) is 20.7 Å². The van der Waals surface area contributed by atoms with Gasteiger partial charge in [0.25, 0.3) is 17.5 Å². The number of hydrazine groups is 1. The van der Waals surface area contributed by atoms with Crippen LogP contribution >= 0.6 is 11.6 Å². The van der Waals surface area contributed by atoms with E-state index in [0.717, 1.165) is 6.07 Å². The summed E-state index contributed by atoms with van der Waals surface area (Å²) >= 11 is 5.69. The highest BCUT2D eigenvalue weighted by molar-refractivity contribution is 6.32. The van der Waals surface area contributed by atoms with Gasteiger partial charge in [-0.1, -0.05) is 11.6 Å². The molecule has 2 amide bonds. The van der Waals surface area contributed by atoms with Crippen LogP contribution in [0.3, 0.4) is 0 Å². The molecule has 0 bridgehead atoms. The minimum Gasteiger partial charge on any atom is -0.497 e. The molecule has 1 heterocycles. The maximum atomic E-state index is 12.3. The Labute approximate surface area is 167 Å². The molecule has 0 aliphatic rings. The van der Waals surface area contributed by atoms with Crippen LogP contribution in [-0.4, -0.2) is 23.8 Å². The molecule has 10 nitrogen and oxygen atoms in total. The summed E-state index contributed by atoms with van der Waals surface area (Å²) < 4.78 is 10.1. The van der Waals surface area contributed by atoms with Gasteiger partial charge in [-0.05, 0) is 30.3 Å². The predicted octanol–water partition coefficient (Wildman–Crippen LogP) is 2.44. The van der Waals surface area contributed by atoms with Gasteiger partial charge in [0.2, 0.25) is 0 Å². The van der Waals surface area contributed by atoms with Crippen molar-refractivity contribution >= 4 is 40.1 Å². The van der Waals surface area contributed by atoms with Crippen molar-refractivity contribution in [3.8, 4) is 5.75 Å². The number of nitrogens with zero attached hydrogens (tertiary/aromatic N) is 1. The first-order valence-corrected chi connectivity index (χ1v) is 8.34. The minimum absolute atomic E-state index is 0.112. The summed E-state index contributed by atoms with van der Waals surface area (Å²) in [4.78, 5) is 46.6. The summed E-state index contributed by atoms with van der Waals surface area (Å²) in [6.45, 7) is 0. The van der Waals surface area contributed by atoms with Crippen molar-refractivity contribution in [3.05, 3.63) is 79.1 Å². The maximum Gasteiger partial charge on any atom is 0.349 e. The third kappa shape index (κ3) is 4.17. The zero-order valence-electron chi connectivity index (χ0n) is 14.7. The number of halogens is 1. The first-order valence-electron chi connectivity index (χ1n) is 7.96. The first-order chi connectivity index (χ1) is 13.8. The van der Waals surface area contributed by atoms with Crippen molar-refractivity contribution in [2.75, 3.05) is 7.11 Å². The highest BCUT2D eigenvalue weighted by Crippen LogP contribution is 2.25. The van der Waals surface area contributed by atoms with Crippen LogP contribution in [0.2, 0.25) is 5.02 Å². The van der Waals surface area contributed by atoms with Gasteiger partial charge in [-0.3, -0.25) is 30.6 Å². The van der Waals surface area contributed by atoms with E-state index in [2.05, 4.69) is 10.9 Å². The smallest absolute Gasteiger partial charge is 0.349 e. The fourth-order valence-electron chi connectivity index (χ4n) is 2.42. The van der Waals surface area contributed by atoms with Gasteiger partial charge in [0, 0.05) is 23.1 Å². The van der Waals surface area contributed by atoms with E-state index in [0.29, 0.717) is 11.1 Å². The van der Waals surface area contributed by atoms with E-state index in [1.54, 1.807) is 12.1 Å². The Morgan fingerprint density at radius 3 is 2.52 bits per heavy atom. The minimum atomic E-state index is -0.923. The quantitative estimate of drug-likeness (QED) is 0.377. The largest absolute Gasteiger partial charge is 0.497 e. The predicted molar refractivity (Wildman–Crippen MR) is 102 cm³/mol. The number of carbonyl (C=O) groups is 2. The Kier molecular flexibility index (Phi) is 5.46. The molecule has 0 aliphatic heterocycles. The van der Waals surface area contributed by atoms with E-state index in [9.17, 15) is 24.5 Å². The van der Waals surface area contributed by atoms with Gasteiger partial charge in [-0.25, -0.2) is 4.79 Å². The van der Waals surface area contributed by atoms with Crippen LogP contribution in [0.15, 0.2) is 51.7 Å². The number of ether oxygens (including phenoxy) is 1. The Morgan fingerprint density at radius 1 is 1.10 bits per heavy atom. The molecule has 0 unspecified atom stereocenters. The van der Waals surface area contributed by atoms with Gasteiger partial charge in [-0.2, -0.15) is 0 Å². The highest BCUT2D eigenvalue weighted by atomic mass is 35.5. The van der Waals surface area contributed by atoms with Crippen LogP contribution in [0.25, 0.3) is 11.0 Å². The number of rotatable bonds is 4. The number of fused-ring (bicyclic) bond motifs is 1. The van der Waals surface area contributed by atoms with Crippen molar-refractivity contribution in [3.63, 3.8) is 0 Å². The third-order valence-corrected chi connectivity index (χ3v) is 4.20. The lowest BCUT2D eigenvalue weighted by Gasteiger charge is -2.08. The normalized spacial score (nSPS) is 10.4. The average Bonchev–Trinajstić information content (AvgIpc) is 2.70. The third-order valence-electron chi connectivity index (χ3n) is 3.88. The topological polar surface area (TPSA) is 141 Å².